The smallest absolute Gasteiger partial charge is 0.0732 e. The number of halogens is 2. The largest absolute Gasteiger partial charge is 0.240 e. The minimum Gasteiger partial charge on any atom is -0.0732 e. The van der Waals surface area contributed by atoms with Gasteiger partial charge in [0.2, 0.25) is 13.4 Å². The Bertz CT molecular complexity index is 1300. The normalized spacial score (nSPS) is 12.6. The summed E-state index contributed by atoms with van der Waals surface area (Å²) in [4.78, 5) is 0. The zero-order chi connectivity index (χ0) is 24.3. The quantitative estimate of drug-likeness (QED) is 0.277. The van der Waals surface area contributed by atoms with Gasteiger partial charge in [0.1, 0.15) is 0 Å². The van der Waals surface area contributed by atoms with E-state index >= 15 is 0 Å². The number of aryl methyl sites for hydroxylation is 6. The summed E-state index contributed by atoms with van der Waals surface area (Å²) in [5, 5.41) is 0. The predicted molar refractivity (Wildman–Crippen MR) is 159 cm³/mol. The number of hydrogen-bond donors (Lipinski definition) is 0. The minimum atomic E-state index is 0.207. The molecule has 0 nitrogen and oxygen atoms in total. The maximum atomic E-state index is 3.80. The molecule has 34 heavy (non-hydrogen) atoms. The molecule has 1 heterocycles. The maximum absolute atomic E-state index is 3.80. The molecule has 4 aromatic rings. The highest BCUT2D eigenvalue weighted by Gasteiger charge is 2.40. The average molecular weight is 570 g/mol. The van der Waals surface area contributed by atoms with E-state index in [4.69, 9.17) is 0 Å². The topological polar surface area (TPSA) is 0 Å². The molecule has 0 saturated carbocycles. The third-order valence-corrected chi connectivity index (χ3v) is 8.38. The fourth-order valence-electron chi connectivity index (χ4n) is 6.37. The SMILES string of the molecule is Cc1cc(C)c(B2c3ccc(Br)cc3B(c3c(C)cc(C)cc3C)c3ccc(Br)cc32)c(C)c1. The van der Waals surface area contributed by atoms with E-state index in [0.717, 1.165) is 8.95 Å². The van der Waals surface area contributed by atoms with Crippen molar-refractivity contribution in [3.63, 3.8) is 0 Å². The van der Waals surface area contributed by atoms with E-state index in [9.17, 15) is 0 Å². The van der Waals surface area contributed by atoms with Gasteiger partial charge in [-0.15, -0.1) is 0 Å². The Morgan fingerprint density at radius 1 is 0.441 bits per heavy atom. The molecule has 0 bridgehead atoms. The van der Waals surface area contributed by atoms with Gasteiger partial charge in [-0.25, -0.2) is 0 Å². The van der Waals surface area contributed by atoms with Crippen LogP contribution in [-0.2, 0) is 0 Å². The molecule has 168 valence electrons. The standard InChI is InChI=1S/C30H28B2Br2/c1-17-11-19(3)29(20(4)12-17)31-25-9-7-24(34)16-28(25)32(26-10-8-23(33)15-27(26)31)30-21(5)13-18(2)14-22(30)6/h7-16H,1-6H3. The van der Waals surface area contributed by atoms with Crippen molar-refractivity contribution in [1.82, 2.24) is 0 Å². The molecule has 0 aromatic heterocycles. The first kappa shape index (κ1) is 23.7. The Hall–Kier alpha value is -2.03. The van der Waals surface area contributed by atoms with Gasteiger partial charge in [0, 0.05) is 8.95 Å². The van der Waals surface area contributed by atoms with E-state index in [1.54, 1.807) is 0 Å². The predicted octanol–water partition coefficient (Wildman–Crippen LogP) is 4.41. The lowest BCUT2D eigenvalue weighted by Gasteiger charge is -2.35. The third kappa shape index (κ3) is 3.93. The highest BCUT2D eigenvalue weighted by Crippen LogP contribution is 2.16. The average Bonchev–Trinajstić information content (AvgIpc) is 2.73. The van der Waals surface area contributed by atoms with Crippen molar-refractivity contribution in [2.24, 2.45) is 0 Å². The second-order valence-corrected chi connectivity index (χ2v) is 11.9. The summed E-state index contributed by atoms with van der Waals surface area (Å²) in [5.74, 6) is 0. The lowest BCUT2D eigenvalue weighted by molar-refractivity contribution is 1.35. The zero-order valence-corrected chi connectivity index (χ0v) is 23.9. The Morgan fingerprint density at radius 2 is 0.765 bits per heavy atom. The van der Waals surface area contributed by atoms with Crippen molar-refractivity contribution in [2.45, 2.75) is 41.5 Å². The molecule has 4 aromatic carbocycles. The molecule has 0 amide bonds. The summed E-state index contributed by atoms with van der Waals surface area (Å²) in [7, 11) is 0. The third-order valence-electron chi connectivity index (χ3n) is 7.40. The molecule has 4 heteroatoms. The van der Waals surface area contributed by atoms with E-state index in [1.165, 1.54) is 66.2 Å². The molecule has 0 fully saturated rings. The van der Waals surface area contributed by atoms with Crippen molar-refractivity contribution in [2.75, 3.05) is 0 Å². The van der Waals surface area contributed by atoms with Crippen molar-refractivity contribution in [1.29, 1.82) is 0 Å². The fraction of sp³-hybridized carbons (Fsp3) is 0.200. The van der Waals surface area contributed by atoms with E-state index in [2.05, 4.69) is 134 Å². The first-order valence-electron chi connectivity index (χ1n) is 11.9. The Morgan fingerprint density at radius 3 is 1.09 bits per heavy atom. The van der Waals surface area contributed by atoms with Crippen LogP contribution in [0.5, 0.6) is 0 Å². The summed E-state index contributed by atoms with van der Waals surface area (Å²) in [6.45, 7) is 13.9. The van der Waals surface area contributed by atoms with Gasteiger partial charge in [0.05, 0.1) is 0 Å². The molecule has 0 atom stereocenters. The molecule has 1 aliphatic rings. The molecule has 1 aliphatic heterocycles. The molecular formula is C30H28B2Br2. The first-order valence-corrected chi connectivity index (χ1v) is 13.5. The van der Waals surface area contributed by atoms with Gasteiger partial charge in [-0.05, 0) is 53.7 Å². The summed E-state index contributed by atoms with van der Waals surface area (Å²) in [5.41, 5.74) is 16.6. The summed E-state index contributed by atoms with van der Waals surface area (Å²) in [6.07, 6.45) is 0. The highest BCUT2D eigenvalue weighted by molar-refractivity contribution is 9.10. The molecular weight excluding hydrogens is 542 g/mol. The number of benzene rings is 4. The molecule has 5 rings (SSSR count). The van der Waals surface area contributed by atoms with Crippen LogP contribution in [0.1, 0.15) is 33.4 Å². The summed E-state index contributed by atoms with van der Waals surface area (Å²) >= 11 is 7.60. The summed E-state index contributed by atoms with van der Waals surface area (Å²) < 4.78 is 2.27. The second-order valence-electron chi connectivity index (χ2n) is 10.0. The van der Waals surface area contributed by atoms with Crippen LogP contribution < -0.4 is 32.8 Å². The molecule has 0 aliphatic carbocycles. The van der Waals surface area contributed by atoms with Crippen LogP contribution >= 0.6 is 31.9 Å². The molecule has 0 N–H and O–H groups in total. The molecule has 0 radical (unpaired) electrons. The van der Waals surface area contributed by atoms with Gasteiger partial charge in [-0.3, -0.25) is 0 Å². The van der Waals surface area contributed by atoms with Gasteiger partial charge in [-0.2, -0.15) is 0 Å². The van der Waals surface area contributed by atoms with Crippen molar-refractivity contribution in [3.05, 3.63) is 103 Å². The highest BCUT2D eigenvalue weighted by atomic mass is 79.9. The lowest BCUT2D eigenvalue weighted by Crippen LogP contribution is -2.75. The number of hydrogen-bond acceptors (Lipinski definition) is 0. The fourth-order valence-corrected chi connectivity index (χ4v) is 7.12. The monoisotopic (exact) mass is 568 g/mol. The molecule has 0 saturated heterocycles. The lowest BCUT2D eigenvalue weighted by atomic mass is 9.20. The van der Waals surface area contributed by atoms with E-state index in [0.29, 0.717) is 0 Å². The van der Waals surface area contributed by atoms with Crippen LogP contribution in [-0.4, -0.2) is 13.4 Å². The van der Waals surface area contributed by atoms with Crippen LogP contribution in [0.15, 0.2) is 69.6 Å². The van der Waals surface area contributed by atoms with Gasteiger partial charge in [0.15, 0.2) is 0 Å². The number of fused-ring (bicyclic) bond motifs is 2. The second kappa shape index (κ2) is 8.88. The van der Waals surface area contributed by atoms with Crippen LogP contribution in [0.3, 0.4) is 0 Å². The van der Waals surface area contributed by atoms with Gasteiger partial charge in [-0.1, -0.05) is 147 Å². The Labute approximate surface area is 221 Å². The zero-order valence-electron chi connectivity index (χ0n) is 20.7. The van der Waals surface area contributed by atoms with Gasteiger partial charge < -0.3 is 0 Å². The molecule has 0 unspecified atom stereocenters. The van der Waals surface area contributed by atoms with E-state index < -0.39 is 0 Å². The first-order chi connectivity index (χ1) is 16.2. The number of rotatable bonds is 2. The van der Waals surface area contributed by atoms with E-state index in [1.807, 2.05) is 0 Å². The van der Waals surface area contributed by atoms with Crippen LogP contribution in [0, 0.1) is 41.5 Å². The van der Waals surface area contributed by atoms with Crippen LogP contribution in [0.4, 0.5) is 0 Å². The Kier molecular flexibility index (Phi) is 6.19. The van der Waals surface area contributed by atoms with Crippen molar-refractivity contribution < 1.29 is 0 Å². The van der Waals surface area contributed by atoms with Crippen molar-refractivity contribution >= 4 is 78.1 Å². The van der Waals surface area contributed by atoms with Crippen LogP contribution in [0.2, 0.25) is 0 Å². The van der Waals surface area contributed by atoms with Gasteiger partial charge >= 0.3 is 0 Å². The maximum Gasteiger partial charge on any atom is 0.240 e. The Balaban J connectivity index is 1.89. The minimum absolute atomic E-state index is 0.207. The van der Waals surface area contributed by atoms with Gasteiger partial charge in [0.25, 0.3) is 0 Å². The van der Waals surface area contributed by atoms with Crippen LogP contribution in [0.25, 0.3) is 0 Å². The van der Waals surface area contributed by atoms with E-state index in [-0.39, 0.29) is 13.4 Å². The molecule has 0 spiro atoms. The van der Waals surface area contributed by atoms with Crippen molar-refractivity contribution in [3.8, 4) is 0 Å². The summed E-state index contributed by atoms with van der Waals surface area (Å²) in [6, 6.07) is 23.1.